The summed E-state index contributed by atoms with van der Waals surface area (Å²) in [5.74, 6) is 0.632. The number of aryl methyl sites for hydroxylation is 1. The molecular formula is C22H31NO. The van der Waals surface area contributed by atoms with Gasteiger partial charge in [-0.2, -0.15) is 0 Å². The molecule has 2 heteroatoms. The fourth-order valence-electron chi connectivity index (χ4n) is 3.12. The Morgan fingerprint density at radius 2 is 1.79 bits per heavy atom. The van der Waals surface area contributed by atoms with Crippen LogP contribution in [0.15, 0.2) is 48.5 Å². The second-order valence-corrected chi connectivity index (χ2v) is 6.86. The van der Waals surface area contributed by atoms with Crippen LogP contribution in [0.4, 0.5) is 0 Å². The van der Waals surface area contributed by atoms with Crippen molar-refractivity contribution in [3.05, 3.63) is 65.2 Å². The maximum Gasteiger partial charge on any atom is 0.119 e. The first-order valence-corrected chi connectivity index (χ1v) is 9.22. The van der Waals surface area contributed by atoms with Gasteiger partial charge in [-0.25, -0.2) is 0 Å². The van der Waals surface area contributed by atoms with Gasteiger partial charge in [0.25, 0.3) is 0 Å². The zero-order valence-electron chi connectivity index (χ0n) is 15.3. The quantitative estimate of drug-likeness (QED) is 0.659. The Morgan fingerprint density at radius 3 is 2.46 bits per heavy atom. The van der Waals surface area contributed by atoms with Crippen molar-refractivity contribution in [2.45, 2.75) is 58.4 Å². The van der Waals surface area contributed by atoms with E-state index in [2.05, 4.69) is 62.5 Å². The van der Waals surface area contributed by atoms with Crippen molar-refractivity contribution < 1.29 is 5.11 Å². The molecule has 24 heavy (non-hydrogen) atoms. The molecular weight excluding hydrogens is 294 g/mol. The Kier molecular flexibility index (Phi) is 7.33. The van der Waals surface area contributed by atoms with Crippen molar-refractivity contribution in [1.29, 1.82) is 0 Å². The lowest BCUT2D eigenvalue weighted by Gasteiger charge is -2.21. The summed E-state index contributed by atoms with van der Waals surface area (Å²) in [5, 5.41) is 14.0. The molecule has 0 heterocycles. The fraction of sp³-hybridized carbons (Fsp3) is 0.455. The SMILES string of the molecule is CCCCc1ccc(O)c([C@H](CCNC(C)C)c2ccccc2)c1. The van der Waals surface area contributed by atoms with Crippen LogP contribution in [0.25, 0.3) is 0 Å². The molecule has 0 aliphatic carbocycles. The van der Waals surface area contributed by atoms with Crippen LogP contribution in [-0.4, -0.2) is 17.7 Å². The molecule has 2 nitrogen and oxygen atoms in total. The fourth-order valence-corrected chi connectivity index (χ4v) is 3.12. The van der Waals surface area contributed by atoms with E-state index in [1.165, 1.54) is 24.0 Å². The highest BCUT2D eigenvalue weighted by atomic mass is 16.3. The number of aromatic hydroxyl groups is 1. The third kappa shape index (κ3) is 5.38. The number of phenols is 1. The first kappa shape index (κ1) is 18.5. The third-order valence-electron chi connectivity index (χ3n) is 4.47. The van der Waals surface area contributed by atoms with E-state index in [0.717, 1.165) is 24.9 Å². The van der Waals surface area contributed by atoms with E-state index in [1.54, 1.807) is 0 Å². The van der Waals surface area contributed by atoms with Gasteiger partial charge in [0.05, 0.1) is 0 Å². The Hall–Kier alpha value is -1.80. The van der Waals surface area contributed by atoms with Crippen LogP contribution in [0, 0.1) is 0 Å². The van der Waals surface area contributed by atoms with Gasteiger partial charge >= 0.3 is 0 Å². The summed E-state index contributed by atoms with van der Waals surface area (Å²) in [6, 6.07) is 17.1. The van der Waals surface area contributed by atoms with E-state index < -0.39 is 0 Å². The zero-order valence-corrected chi connectivity index (χ0v) is 15.3. The van der Waals surface area contributed by atoms with Crippen molar-refractivity contribution in [2.24, 2.45) is 0 Å². The van der Waals surface area contributed by atoms with Crippen LogP contribution in [-0.2, 0) is 6.42 Å². The number of phenolic OH excluding ortho intramolecular Hbond substituents is 1. The molecule has 0 aromatic heterocycles. The average molecular weight is 325 g/mol. The maximum absolute atomic E-state index is 10.5. The van der Waals surface area contributed by atoms with Crippen molar-refractivity contribution in [1.82, 2.24) is 5.32 Å². The predicted molar refractivity (Wildman–Crippen MR) is 103 cm³/mol. The molecule has 0 bridgehead atoms. The van der Waals surface area contributed by atoms with E-state index in [0.29, 0.717) is 11.8 Å². The van der Waals surface area contributed by atoms with Crippen LogP contribution < -0.4 is 5.32 Å². The minimum atomic E-state index is 0.221. The molecule has 2 rings (SSSR count). The molecule has 130 valence electrons. The summed E-state index contributed by atoms with van der Waals surface area (Å²) in [6.07, 6.45) is 4.44. The predicted octanol–water partition coefficient (Wildman–Crippen LogP) is 5.25. The largest absolute Gasteiger partial charge is 0.508 e. The molecule has 0 fully saturated rings. The van der Waals surface area contributed by atoms with E-state index >= 15 is 0 Å². The third-order valence-corrected chi connectivity index (χ3v) is 4.47. The lowest BCUT2D eigenvalue weighted by molar-refractivity contribution is 0.459. The van der Waals surface area contributed by atoms with Gasteiger partial charge < -0.3 is 10.4 Å². The summed E-state index contributed by atoms with van der Waals surface area (Å²) in [6.45, 7) is 7.49. The number of hydrogen-bond acceptors (Lipinski definition) is 2. The number of rotatable bonds is 9. The van der Waals surface area contributed by atoms with Crippen molar-refractivity contribution in [2.75, 3.05) is 6.54 Å². The van der Waals surface area contributed by atoms with Gasteiger partial charge in [0.1, 0.15) is 5.75 Å². The smallest absolute Gasteiger partial charge is 0.119 e. The summed E-state index contributed by atoms with van der Waals surface area (Å²) in [5.41, 5.74) is 3.65. The van der Waals surface area contributed by atoms with Gasteiger partial charge in [0.2, 0.25) is 0 Å². The van der Waals surface area contributed by atoms with Gasteiger partial charge in [-0.05, 0) is 43.0 Å². The Labute approximate surface area is 146 Å². The molecule has 2 aromatic rings. The second kappa shape index (κ2) is 9.48. The van der Waals surface area contributed by atoms with Crippen LogP contribution in [0.2, 0.25) is 0 Å². The average Bonchev–Trinajstić information content (AvgIpc) is 2.59. The van der Waals surface area contributed by atoms with E-state index in [4.69, 9.17) is 0 Å². The summed E-state index contributed by atoms with van der Waals surface area (Å²) >= 11 is 0. The Balaban J connectivity index is 2.28. The molecule has 2 aromatic carbocycles. The molecule has 2 N–H and O–H groups in total. The number of hydrogen-bond donors (Lipinski definition) is 2. The van der Waals surface area contributed by atoms with Crippen LogP contribution in [0.5, 0.6) is 5.75 Å². The standard InChI is InChI=1S/C22H31NO/c1-4-5-9-18-12-13-22(24)21(16-18)20(14-15-23-17(2)3)19-10-7-6-8-11-19/h6-8,10-13,16-17,20,23-24H,4-5,9,14-15H2,1-3H3/t20-/m1/s1. The first-order chi connectivity index (χ1) is 11.6. The van der Waals surface area contributed by atoms with Gasteiger partial charge in [-0.1, -0.05) is 69.7 Å². The normalized spacial score (nSPS) is 12.5. The highest BCUT2D eigenvalue weighted by molar-refractivity contribution is 5.43. The number of nitrogens with one attached hydrogen (secondary N) is 1. The monoisotopic (exact) mass is 325 g/mol. The van der Waals surface area contributed by atoms with Gasteiger partial charge in [-0.3, -0.25) is 0 Å². The Bertz CT molecular complexity index is 607. The van der Waals surface area contributed by atoms with Crippen LogP contribution in [0.3, 0.4) is 0 Å². The maximum atomic E-state index is 10.5. The van der Waals surface area contributed by atoms with Gasteiger partial charge in [0, 0.05) is 17.5 Å². The van der Waals surface area contributed by atoms with Crippen LogP contribution >= 0.6 is 0 Å². The van der Waals surface area contributed by atoms with Gasteiger partial charge in [0.15, 0.2) is 0 Å². The van der Waals surface area contributed by atoms with Gasteiger partial charge in [-0.15, -0.1) is 0 Å². The summed E-state index contributed by atoms with van der Waals surface area (Å²) in [4.78, 5) is 0. The molecule has 0 saturated carbocycles. The molecule has 0 spiro atoms. The minimum absolute atomic E-state index is 0.221. The molecule has 1 atom stereocenters. The lowest BCUT2D eigenvalue weighted by Crippen LogP contribution is -2.25. The van der Waals surface area contributed by atoms with Crippen LogP contribution in [0.1, 0.15) is 62.6 Å². The Morgan fingerprint density at radius 1 is 1.04 bits per heavy atom. The minimum Gasteiger partial charge on any atom is -0.508 e. The van der Waals surface area contributed by atoms with Crippen molar-refractivity contribution >= 4 is 0 Å². The highest BCUT2D eigenvalue weighted by Gasteiger charge is 2.18. The number of unbranched alkanes of at least 4 members (excludes halogenated alkanes) is 1. The second-order valence-electron chi connectivity index (χ2n) is 6.86. The highest BCUT2D eigenvalue weighted by Crippen LogP contribution is 2.34. The summed E-state index contributed by atoms with van der Waals surface area (Å²) < 4.78 is 0. The lowest BCUT2D eigenvalue weighted by atomic mass is 9.86. The number of benzene rings is 2. The molecule has 0 saturated heterocycles. The van der Waals surface area contributed by atoms with Crippen molar-refractivity contribution in [3.63, 3.8) is 0 Å². The molecule has 0 unspecified atom stereocenters. The first-order valence-electron chi connectivity index (χ1n) is 9.22. The molecule has 0 radical (unpaired) electrons. The van der Waals surface area contributed by atoms with Crippen molar-refractivity contribution in [3.8, 4) is 5.75 Å². The summed E-state index contributed by atoms with van der Waals surface area (Å²) in [7, 11) is 0. The molecule has 0 amide bonds. The topological polar surface area (TPSA) is 32.3 Å². The molecule has 0 aliphatic rings. The van der Waals surface area contributed by atoms with E-state index in [9.17, 15) is 5.11 Å². The van der Waals surface area contributed by atoms with E-state index in [-0.39, 0.29) is 5.92 Å². The molecule has 0 aliphatic heterocycles. The van der Waals surface area contributed by atoms with E-state index in [1.807, 2.05) is 12.1 Å². The zero-order chi connectivity index (χ0) is 17.4.